The molecule has 0 aliphatic carbocycles. The van der Waals surface area contributed by atoms with Gasteiger partial charge < -0.3 is 19.8 Å². The topological polar surface area (TPSA) is 102 Å². The second-order valence-electron chi connectivity index (χ2n) is 1.83. The zero-order valence-corrected chi connectivity index (χ0v) is 10.3. The fourth-order valence-corrected chi connectivity index (χ4v) is 0.460. The predicted octanol–water partition coefficient (Wildman–Crippen LogP) is -10.2. The van der Waals surface area contributed by atoms with E-state index in [2.05, 4.69) is 5.32 Å². The number of carboxylic acid groups (broad SMARTS) is 2. The summed E-state index contributed by atoms with van der Waals surface area (Å²) in [5.41, 5.74) is -1.89. The largest absolute Gasteiger partial charge is 1.00 e. The Morgan fingerprint density at radius 1 is 1.18 bits per heavy atom. The Morgan fingerprint density at radius 3 is 1.45 bits per heavy atom. The Morgan fingerprint density at radius 2 is 1.45 bits per heavy atom. The fraction of sp³-hybridized carbons (Fsp3) is 0.500. The van der Waals surface area contributed by atoms with Gasteiger partial charge in [-0.2, -0.15) is 0 Å². The van der Waals surface area contributed by atoms with Gasteiger partial charge in [0.1, 0.15) is 5.54 Å². The molecule has 1 saturated heterocycles. The molecule has 5 nitrogen and oxygen atoms in total. The molecule has 11 heavy (non-hydrogen) atoms. The minimum atomic E-state index is -1.89. The van der Waals surface area contributed by atoms with Crippen LogP contribution in [0.25, 0.3) is 0 Å². The van der Waals surface area contributed by atoms with Crippen molar-refractivity contribution < 1.29 is 78.9 Å². The number of hydrogen-bond acceptors (Lipinski definition) is 5. The van der Waals surface area contributed by atoms with Crippen molar-refractivity contribution in [3.63, 3.8) is 0 Å². The van der Waals surface area contributed by atoms with Crippen molar-refractivity contribution in [3.05, 3.63) is 0 Å². The molecule has 0 atom stereocenters. The quantitative estimate of drug-likeness (QED) is 0.255. The predicted molar refractivity (Wildman–Crippen MR) is 20.7 cm³/mol. The first-order valence-corrected chi connectivity index (χ1v) is 2.27. The Labute approximate surface area is 107 Å². The first kappa shape index (κ1) is 14.4. The number of carbonyl (C=O) groups is 2. The van der Waals surface area contributed by atoms with E-state index in [0.717, 1.165) is 0 Å². The summed E-state index contributed by atoms with van der Waals surface area (Å²) in [6, 6.07) is 0. The molecule has 0 saturated carbocycles. The van der Waals surface area contributed by atoms with E-state index in [9.17, 15) is 19.8 Å². The Bertz CT molecular complexity index is 163. The van der Waals surface area contributed by atoms with Gasteiger partial charge in [0.15, 0.2) is 0 Å². The van der Waals surface area contributed by atoms with E-state index < -0.39 is 17.5 Å². The van der Waals surface area contributed by atoms with E-state index in [0.29, 0.717) is 0 Å². The second kappa shape index (κ2) is 4.81. The molecule has 0 spiro atoms. The molecular weight excluding hydrogens is 172 g/mol. The molecule has 0 radical (unpaired) electrons. The third-order valence-electron chi connectivity index (χ3n) is 1.23. The maximum Gasteiger partial charge on any atom is 1.00 e. The molecule has 7 heteroatoms. The molecule has 1 aliphatic rings. The van der Waals surface area contributed by atoms with E-state index in [1.54, 1.807) is 0 Å². The van der Waals surface area contributed by atoms with Crippen LogP contribution in [0.15, 0.2) is 0 Å². The average molecular weight is 175 g/mol. The molecule has 1 fully saturated rings. The molecule has 1 rings (SSSR count). The maximum atomic E-state index is 9.93. The number of carboxylic acids is 2. The summed E-state index contributed by atoms with van der Waals surface area (Å²) in [7, 11) is 0. The van der Waals surface area contributed by atoms with Gasteiger partial charge in [-0.1, -0.05) is 0 Å². The summed E-state index contributed by atoms with van der Waals surface area (Å²) in [6.07, 6.45) is 0. The normalized spacial score (nSPS) is 17.1. The second-order valence-corrected chi connectivity index (χ2v) is 1.83. The Hall–Kier alpha value is 0.900. The van der Waals surface area contributed by atoms with E-state index in [1.807, 2.05) is 0 Å². The van der Waals surface area contributed by atoms with Crippen LogP contribution in [0, 0.1) is 0 Å². The average Bonchev–Trinajstić information content (AvgIpc) is 2.40. The van der Waals surface area contributed by atoms with Gasteiger partial charge in [0.2, 0.25) is 0 Å². The summed E-state index contributed by atoms with van der Waals surface area (Å²) in [5.74, 6) is -3.27. The molecule has 1 N–H and O–H groups in total. The van der Waals surface area contributed by atoms with Crippen LogP contribution in [-0.2, 0) is 9.59 Å². The minimum absolute atomic E-state index is 0. The number of aliphatic carboxylic acids is 2. The summed E-state index contributed by atoms with van der Waals surface area (Å²) in [4.78, 5) is 19.9. The molecule has 0 aromatic rings. The van der Waals surface area contributed by atoms with E-state index >= 15 is 0 Å². The van der Waals surface area contributed by atoms with E-state index in [-0.39, 0.29) is 65.7 Å². The standard InChI is InChI=1S/C4H5NO4.2Na/c6-2(7)4(1-5-4)3(8)9;;/h5H,1H2,(H,6,7)(H,8,9);;/q;2*+1/p-2. The van der Waals surface area contributed by atoms with Gasteiger partial charge in [0.05, 0.1) is 11.9 Å². The smallest absolute Gasteiger partial charge is 0.548 e. The van der Waals surface area contributed by atoms with Crippen LogP contribution in [0.1, 0.15) is 0 Å². The molecule has 50 valence electrons. The van der Waals surface area contributed by atoms with Crippen molar-refractivity contribution >= 4 is 11.9 Å². The molecular formula is C4H3NNa2O4. The van der Waals surface area contributed by atoms with Gasteiger partial charge in [-0.15, -0.1) is 0 Å². The van der Waals surface area contributed by atoms with Gasteiger partial charge in [-0.25, -0.2) is 0 Å². The van der Waals surface area contributed by atoms with Crippen LogP contribution in [0.5, 0.6) is 0 Å². The van der Waals surface area contributed by atoms with E-state index in [1.165, 1.54) is 0 Å². The number of rotatable bonds is 2. The van der Waals surface area contributed by atoms with Gasteiger partial charge in [-0.05, 0) is 0 Å². The molecule has 0 bridgehead atoms. The first-order chi connectivity index (χ1) is 4.09. The summed E-state index contributed by atoms with van der Waals surface area (Å²) < 4.78 is 0. The van der Waals surface area contributed by atoms with Crippen molar-refractivity contribution in [2.24, 2.45) is 0 Å². The zero-order valence-electron chi connectivity index (χ0n) is 6.34. The third-order valence-corrected chi connectivity index (χ3v) is 1.23. The molecule has 0 amide bonds. The van der Waals surface area contributed by atoms with Crippen LogP contribution < -0.4 is 74.6 Å². The van der Waals surface area contributed by atoms with Crippen molar-refractivity contribution in [1.29, 1.82) is 0 Å². The van der Waals surface area contributed by atoms with Crippen molar-refractivity contribution in [1.82, 2.24) is 5.32 Å². The number of carbonyl (C=O) groups excluding carboxylic acids is 2. The fourth-order valence-electron chi connectivity index (χ4n) is 0.460. The monoisotopic (exact) mass is 175 g/mol. The van der Waals surface area contributed by atoms with Crippen LogP contribution in [0.4, 0.5) is 0 Å². The van der Waals surface area contributed by atoms with Crippen molar-refractivity contribution in [3.8, 4) is 0 Å². The summed E-state index contributed by atoms with van der Waals surface area (Å²) >= 11 is 0. The van der Waals surface area contributed by atoms with Crippen LogP contribution in [0.2, 0.25) is 0 Å². The number of hydrogen-bond donors (Lipinski definition) is 1. The van der Waals surface area contributed by atoms with Crippen LogP contribution in [-0.4, -0.2) is 24.0 Å². The molecule has 0 aromatic carbocycles. The maximum absolute atomic E-state index is 9.93. The zero-order chi connectivity index (χ0) is 7.07. The van der Waals surface area contributed by atoms with Crippen molar-refractivity contribution in [2.45, 2.75) is 5.54 Å². The molecule has 1 heterocycles. The van der Waals surface area contributed by atoms with Crippen molar-refractivity contribution in [2.75, 3.05) is 6.54 Å². The van der Waals surface area contributed by atoms with Crippen LogP contribution >= 0.6 is 0 Å². The number of nitrogens with one attached hydrogen (secondary N) is 1. The SMILES string of the molecule is O=C([O-])C1(C(=O)[O-])CN1.[Na+].[Na+]. The van der Waals surface area contributed by atoms with Gasteiger partial charge >= 0.3 is 59.1 Å². The minimum Gasteiger partial charge on any atom is -0.548 e. The third kappa shape index (κ3) is 2.69. The Kier molecular flexibility index (Phi) is 6.31. The molecule has 0 unspecified atom stereocenters. The summed E-state index contributed by atoms with van der Waals surface area (Å²) in [5, 5.41) is 22.0. The van der Waals surface area contributed by atoms with E-state index in [4.69, 9.17) is 0 Å². The first-order valence-electron chi connectivity index (χ1n) is 2.27. The van der Waals surface area contributed by atoms with Crippen LogP contribution in [0.3, 0.4) is 0 Å². The van der Waals surface area contributed by atoms with Gasteiger partial charge in [0, 0.05) is 6.54 Å². The summed E-state index contributed by atoms with van der Waals surface area (Å²) in [6.45, 7) is -0.0995. The van der Waals surface area contributed by atoms with Gasteiger partial charge in [0.25, 0.3) is 0 Å². The molecule has 0 aromatic heterocycles. The Balaban J connectivity index is 0. The van der Waals surface area contributed by atoms with Gasteiger partial charge in [-0.3, -0.25) is 5.32 Å². The molecule has 1 aliphatic heterocycles.